The second-order valence-corrected chi connectivity index (χ2v) is 6.75. The fraction of sp³-hybridized carbons (Fsp3) is 0.455. The number of sulfonamides is 1. The molecule has 0 amide bonds. The summed E-state index contributed by atoms with van der Waals surface area (Å²) < 4.78 is 26.8. The lowest BCUT2D eigenvalue weighted by atomic mass is 10.0. The molecule has 0 saturated heterocycles. The van der Waals surface area contributed by atoms with E-state index >= 15 is 0 Å². The Morgan fingerprint density at radius 1 is 1.39 bits per heavy atom. The number of benzene rings is 1. The lowest BCUT2D eigenvalue weighted by Crippen LogP contribution is -2.48. The van der Waals surface area contributed by atoms with Crippen molar-refractivity contribution in [3.8, 4) is 0 Å². The van der Waals surface area contributed by atoms with Crippen LogP contribution >= 0.6 is 23.2 Å². The Bertz CT molecular complexity index is 527. The Balaban J connectivity index is 3.18. The van der Waals surface area contributed by atoms with E-state index in [4.69, 9.17) is 23.2 Å². The van der Waals surface area contributed by atoms with Gasteiger partial charge < -0.3 is 5.11 Å². The van der Waals surface area contributed by atoms with Crippen molar-refractivity contribution in [2.45, 2.75) is 30.7 Å². The monoisotopic (exact) mass is 311 g/mol. The Morgan fingerprint density at radius 2 is 2.00 bits per heavy atom. The van der Waals surface area contributed by atoms with Gasteiger partial charge in [0.25, 0.3) is 0 Å². The van der Waals surface area contributed by atoms with Gasteiger partial charge in [0.1, 0.15) is 4.90 Å². The molecule has 1 unspecified atom stereocenters. The first-order valence-corrected chi connectivity index (χ1v) is 7.58. The van der Waals surface area contributed by atoms with Crippen LogP contribution in [-0.2, 0) is 10.0 Å². The zero-order valence-electron chi connectivity index (χ0n) is 10.1. The summed E-state index contributed by atoms with van der Waals surface area (Å²) >= 11 is 11.6. The summed E-state index contributed by atoms with van der Waals surface area (Å²) in [6, 6.07) is 4.20. The van der Waals surface area contributed by atoms with Crippen LogP contribution in [0.3, 0.4) is 0 Å². The molecule has 0 heterocycles. The van der Waals surface area contributed by atoms with Crippen molar-refractivity contribution >= 4 is 33.2 Å². The van der Waals surface area contributed by atoms with Crippen LogP contribution in [0.4, 0.5) is 0 Å². The van der Waals surface area contributed by atoms with Gasteiger partial charge in [-0.15, -0.1) is 0 Å². The SMILES string of the molecule is CCC(C)(CO)NS(=O)(=O)c1cc(Cl)ccc1Cl. The molecular weight excluding hydrogens is 297 g/mol. The maximum atomic E-state index is 12.2. The van der Waals surface area contributed by atoms with Crippen molar-refractivity contribution in [2.75, 3.05) is 6.61 Å². The number of hydrogen-bond acceptors (Lipinski definition) is 3. The van der Waals surface area contributed by atoms with E-state index < -0.39 is 15.6 Å². The van der Waals surface area contributed by atoms with Gasteiger partial charge in [0.15, 0.2) is 0 Å². The summed E-state index contributed by atoms with van der Waals surface area (Å²) in [5, 5.41) is 9.60. The molecule has 4 nitrogen and oxygen atoms in total. The molecule has 7 heteroatoms. The lowest BCUT2D eigenvalue weighted by Gasteiger charge is -2.27. The summed E-state index contributed by atoms with van der Waals surface area (Å²) in [6.45, 7) is 3.09. The summed E-state index contributed by atoms with van der Waals surface area (Å²) in [5.74, 6) is 0. The molecule has 0 saturated carbocycles. The molecule has 102 valence electrons. The molecule has 1 aromatic rings. The molecule has 1 rings (SSSR count). The van der Waals surface area contributed by atoms with E-state index in [-0.39, 0.29) is 21.5 Å². The van der Waals surface area contributed by atoms with Crippen LogP contribution < -0.4 is 4.72 Å². The molecule has 0 aliphatic carbocycles. The molecule has 0 fully saturated rings. The van der Waals surface area contributed by atoms with Gasteiger partial charge in [-0.05, 0) is 31.5 Å². The van der Waals surface area contributed by atoms with Crippen LogP contribution in [0.2, 0.25) is 10.0 Å². The van der Waals surface area contributed by atoms with Crippen molar-refractivity contribution in [1.29, 1.82) is 0 Å². The van der Waals surface area contributed by atoms with Crippen LogP contribution in [0.25, 0.3) is 0 Å². The van der Waals surface area contributed by atoms with Gasteiger partial charge in [-0.2, -0.15) is 0 Å². The van der Waals surface area contributed by atoms with Gasteiger partial charge in [0.2, 0.25) is 10.0 Å². The Morgan fingerprint density at radius 3 is 2.50 bits per heavy atom. The first-order valence-electron chi connectivity index (χ1n) is 5.34. The maximum Gasteiger partial charge on any atom is 0.242 e. The zero-order chi connectivity index (χ0) is 14.0. The van der Waals surface area contributed by atoms with Crippen molar-refractivity contribution in [3.05, 3.63) is 28.2 Å². The third-order valence-corrected chi connectivity index (χ3v) is 5.05. The Labute approximate surface area is 117 Å². The van der Waals surface area contributed by atoms with Crippen LogP contribution in [0.1, 0.15) is 20.3 Å². The highest BCUT2D eigenvalue weighted by Gasteiger charge is 2.29. The van der Waals surface area contributed by atoms with Crippen molar-refractivity contribution in [1.82, 2.24) is 4.72 Å². The molecule has 0 aliphatic heterocycles. The molecule has 2 N–H and O–H groups in total. The predicted octanol–water partition coefficient (Wildman–Crippen LogP) is 2.43. The third-order valence-electron chi connectivity index (χ3n) is 2.69. The fourth-order valence-electron chi connectivity index (χ4n) is 1.28. The Kier molecular flexibility index (Phi) is 5.03. The minimum atomic E-state index is -3.82. The lowest BCUT2D eigenvalue weighted by molar-refractivity contribution is 0.191. The first-order chi connectivity index (χ1) is 8.24. The minimum Gasteiger partial charge on any atom is -0.394 e. The molecule has 0 radical (unpaired) electrons. The van der Waals surface area contributed by atoms with Crippen LogP contribution in [0.5, 0.6) is 0 Å². The van der Waals surface area contributed by atoms with Crippen LogP contribution in [-0.4, -0.2) is 25.7 Å². The largest absolute Gasteiger partial charge is 0.394 e. The second kappa shape index (κ2) is 5.75. The quantitative estimate of drug-likeness (QED) is 0.877. The van der Waals surface area contributed by atoms with E-state index in [0.29, 0.717) is 6.42 Å². The standard InChI is InChI=1S/C11H15Cl2NO3S/c1-3-11(2,7-15)14-18(16,17)10-6-8(12)4-5-9(10)13/h4-6,14-15H,3,7H2,1-2H3. The summed E-state index contributed by atoms with van der Waals surface area (Å²) in [6.07, 6.45) is 0.445. The number of aliphatic hydroxyl groups is 1. The van der Waals surface area contributed by atoms with Gasteiger partial charge >= 0.3 is 0 Å². The van der Waals surface area contributed by atoms with Gasteiger partial charge in [-0.25, -0.2) is 13.1 Å². The number of hydrogen-bond donors (Lipinski definition) is 2. The topological polar surface area (TPSA) is 66.4 Å². The molecule has 0 aromatic heterocycles. The van der Waals surface area contributed by atoms with Crippen molar-refractivity contribution in [3.63, 3.8) is 0 Å². The highest BCUT2D eigenvalue weighted by Crippen LogP contribution is 2.26. The van der Waals surface area contributed by atoms with Gasteiger partial charge in [0.05, 0.1) is 17.2 Å². The van der Waals surface area contributed by atoms with Gasteiger partial charge in [0, 0.05) is 5.02 Å². The van der Waals surface area contributed by atoms with Crippen LogP contribution in [0, 0.1) is 0 Å². The zero-order valence-corrected chi connectivity index (χ0v) is 12.4. The molecular formula is C11H15Cl2NO3S. The first kappa shape index (κ1) is 15.7. The predicted molar refractivity (Wildman–Crippen MR) is 72.6 cm³/mol. The number of rotatable bonds is 5. The number of aliphatic hydroxyl groups excluding tert-OH is 1. The molecule has 18 heavy (non-hydrogen) atoms. The van der Waals surface area contributed by atoms with E-state index in [1.165, 1.54) is 18.2 Å². The third kappa shape index (κ3) is 3.59. The normalized spacial score (nSPS) is 15.4. The van der Waals surface area contributed by atoms with E-state index in [2.05, 4.69) is 4.72 Å². The number of nitrogens with one attached hydrogen (secondary N) is 1. The van der Waals surface area contributed by atoms with Crippen molar-refractivity contribution < 1.29 is 13.5 Å². The molecule has 0 spiro atoms. The summed E-state index contributed by atoms with van der Waals surface area (Å²) in [5.41, 5.74) is -0.926. The highest BCUT2D eigenvalue weighted by molar-refractivity contribution is 7.89. The maximum absolute atomic E-state index is 12.2. The smallest absolute Gasteiger partial charge is 0.242 e. The van der Waals surface area contributed by atoms with Crippen LogP contribution in [0.15, 0.2) is 23.1 Å². The van der Waals surface area contributed by atoms with Gasteiger partial charge in [-0.3, -0.25) is 0 Å². The second-order valence-electron chi connectivity index (χ2n) is 4.25. The van der Waals surface area contributed by atoms with E-state index in [9.17, 15) is 13.5 Å². The van der Waals surface area contributed by atoms with E-state index in [1.54, 1.807) is 13.8 Å². The molecule has 0 aliphatic rings. The average molecular weight is 312 g/mol. The summed E-state index contributed by atoms with van der Waals surface area (Å²) in [7, 11) is -3.82. The minimum absolute atomic E-state index is 0.0864. The van der Waals surface area contributed by atoms with Crippen molar-refractivity contribution in [2.24, 2.45) is 0 Å². The molecule has 0 bridgehead atoms. The van der Waals surface area contributed by atoms with Gasteiger partial charge in [-0.1, -0.05) is 30.1 Å². The van der Waals surface area contributed by atoms with E-state index in [0.717, 1.165) is 0 Å². The summed E-state index contributed by atoms with van der Waals surface area (Å²) in [4.78, 5) is -0.0928. The van der Waals surface area contributed by atoms with E-state index in [1.807, 2.05) is 0 Å². The molecule has 1 aromatic carbocycles. The average Bonchev–Trinajstić information content (AvgIpc) is 2.31. The number of halogens is 2. The highest BCUT2D eigenvalue weighted by atomic mass is 35.5. The fourth-order valence-corrected chi connectivity index (χ4v) is 3.51. The molecule has 1 atom stereocenters. The Hall–Kier alpha value is -0.330.